The Hall–Kier alpha value is -2.34. The van der Waals surface area contributed by atoms with E-state index in [1.807, 2.05) is 38.1 Å². The van der Waals surface area contributed by atoms with Crippen LogP contribution in [0.15, 0.2) is 48.5 Å². The SMILES string of the molecule is Cc1cc(C)cc(N([C@@H](C)C(=O)NCCCc2ccccc2)S(C)(=O)=O)c1. The summed E-state index contributed by atoms with van der Waals surface area (Å²) in [6, 6.07) is 14.8. The van der Waals surface area contributed by atoms with Gasteiger partial charge in [-0.3, -0.25) is 9.10 Å². The van der Waals surface area contributed by atoms with Gasteiger partial charge in [0, 0.05) is 6.54 Å². The second kappa shape index (κ2) is 9.04. The first-order chi connectivity index (χ1) is 12.7. The summed E-state index contributed by atoms with van der Waals surface area (Å²) < 4.78 is 25.9. The number of benzene rings is 2. The van der Waals surface area contributed by atoms with E-state index in [1.165, 1.54) is 9.87 Å². The molecule has 0 heterocycles. The lowest BCUT2D eigenvalue weighted by Gasteiger charge is -2.28. The van der Waals surface area contributed by atoms with Crippen LogP contribution >= 0.6 is 0 Å². The average Bonchev–Trinajstić information content (AvgIpc) is 2.57. The quantitative estimate of drug-likeness (QED) is 0.706. The lowest BCUT2D eigenvalue weighted by Crippen LogP contribution is -2.48. The largest absolute Gasteiger partial charge is 0.354 e. The van der Waals surface area contributed by atoms with Crippen LogP contribution in [0, 0.1) is 13.8 Å². The minimum absolute atomic E-state index is 0.298. The number of aryl methyl sites for hydroxylation is 3. The number of carbonyl (C=O) groups excluding carboxylic acids is 1. The van der Waals surface area contributed by atoms with E-state index in [2.05, 4.69) is 17.4 Å². The second-order valence-corrected chi connectivity index (χ2v) is 8.82. The fourth-order valence-corrected chi connectivity index (χ4v) is 4.34. The summed E-state index contributed by atoms with van der Waals surface area (Å²) >= 11 is 0. The van der Waals surface area contributed by atoms with Gasteiger partial charge < -0.3 is 5.32 Å². The summed E-state index contributed by atoms with van der Waals surface area (Å²) in [4.78, 5) is 12.6. The van der Waals surface area contributed by atoms with Crippen molar-refractivity contribution in [1.82, 2.24) is 5.32 Å². The maximum Gasteiger partial charge on any atom is 0.243 e. The van der Waals surface area contributed by atoms with Gasteiger partial charge in [0.15, 0.2) is 0 Å². The molecule has 2 rings (SSSR count). The van der Waals surface area contributed by atoms with Crippen molar-refractivity contribution in [3.05, 3.63) is 65.2 Å². The number of sulfonamides is 1. The minimum atomic E-state index is -3.60. The third kappa shape index (κ3) is 6.10. The average molecular weight is 389 g/mol. The van der Waals surface area contributed by atoms with Crippen LogP contribution in [-0.2, 0) is 21.2 Å². The molecule has 0 aliphatic carbocycles. The molecule has 0 aromatic heterocycles. The molecule has 1 N–H and O–H groups in total. The van der Waals surface area contributed by atoms with Crippen molar-refractivity contribution in [3.63, 3.8) is 0 Å². The Kier molecular flexibility index (Phi) is 7.02. The van der Waals surface area contributed by atoms with E-state index in [1.54, 1.807) is 19.1 Å². The zero-order valence-electron chi connectivity index (χ0n) is 16.4. The number of hydrogen-bond donors (Lipinski definition) is 1. The third-order valence-corrected chi connectivity index (χ3v) is 5.58. The maximum atomic E-state index is 12.6. The van der Waals surface area contributed by atoms with Crippen LogP contribution in [0.4, 0.5) is 5.69 Å². The van der Waals surface area contributed by atoms with Gasteiger partial charge in [-0.2, -0.15) is 0 Å². The molecule has 146 valence electrons. The van der Waals surface area contributed by atoms with Crippen LogP contribution in [-0.4, -0.2) is 33.2 Å². The van der Waals surface area contributed by atoms with E-state index in [-0.39, 0.29) is 5.91 Å². The Bertz CT molecular complexity index is 859. The van der Waals surface area contributed by atoms with Gasteiger partial charge in [-0.1, -0.05) is 36.4 Å². The highest BCUT2D eigenvalue weighted by Gasteiger charge is 2.29. The normalized spacial score (nSPS) is 12.4. The topological polar surface area (TPSA) is 66.5 Å². The molecule has 1 atom stereocenters. The lowest BCUT2D eigenvalue weighted by molar-refractivity contribution is -0.121. The fraction of sp³-hybridized carbons (Fsp3) is 0.381. The first-order valence-electron chi connectivity index (χ1n) is 9.08. The molecule has 0 aliphatic rings. The molecule has 6 heteroatoms. The van der Waals surface area contributed by atoms with Gasteiger partial charge in [0.25, 0.3) is 0 Å². The Morgan fingerprint density at radius 1 is 1.07 bits per heavy atom. The molecule has 2 aromatic carbocycles. The summed E-state index contributed by atoms with van der Waals surface area (Å²) in [5, 5.41) is 2.86. The summed E-state index contributed by atoms with van der Waals surface area (Å²) in [5.74, 6) is -0.298. The van der Waals surface area contributed by atoms with Crippen molar-refractivity contribution < 1.29 is 13.2 Å². The lowest BCUT2D eigenvalue weighted by atomic mass is 10.1. The van der Waals surface area contributed by atoms with Gasteiger partial charge in [0.2, 0.25) is 15.9 Å². The Morgan fingerprint density at radius 2 is 1.67 bits per heavy atom. The molecule has 0 fully saturated rings. The molecule has 0 saturated carbocycles. The molecule has 0 saturated heterocycles. The predicted molar refractivity (Wildman–Crippen MR) is 110 cm³/mol. The van der Waals surface area contributed by atoms with Gasteiger partial charge in [0.05, 0.1) is 11.9 Å². The summed E-state index contributed by atoms with van der Waals surface area (Å²) in [5.41, 5.74) is 3.64. The van der Waals surface area contributed by atoms with Crippen LogP contribution in [0.25, 0.3) is 0 Å². The number of carbonyl (C=O) groups is 1. The second-order valence-electron chi connectivity index (χ2n) is 6.96. The van der Waals surface area contributed by atoms with Crippen molar-refractivity contribution in [2.75, 3.05) is 17.1 Å². The molecule has 5 nitrogen and oxygen atoms in total. The monoisotopic (exact) mass is 388 g/mol. The van der Waals surface area contributed by atoms with Crippen molar-refractivity contribution in [3.8, 4) is 0 Å². The molecule has 0 spiro atoms. The van der Waals surface area contributed by atoms with Gasteiger partial charge in [-0.05, 0) is 62.4 Å². The number of nitrogens with zero attached hydrogens (tertiary/aromatic N) is 1. The summed E-state index contributed by atoms with van der Waals surface area (Å²) in [7, 11) is -3.60. The molecule has 2 aromatic rings. The van der Waals surface area contributed by atoms with Crippen LogP contribution < -0.4 is 9.62 Å². The molecule has 27 heavy (non-hydrogen) atoms. The van der Waals surface area contributed by atoms with Crippen LogP contribution in [0.2, 0.25) is 0 Å². The van der Waals surface area contributed by atoms with Crippen molar-refractivity contribution >= 4 is 21.6 Å². The van der Waals surface area contributed by atoms with Gasteiger partial charge in [-0.25, -0.2) is 8.42 Å². The number of nitrogens with one attached hydrogen (secondary N) is 1. The van der Waals surface area contributed by atoms with Crippen LogP contribution in [0.1, 0.15) is 30.0 Å². The van der Waals surface area contributed by atoms with E-state index in [4.69, 9.17) is 0 Å². The molecule has 0 unspecified atom stereocenters. The smallest absolute Gasteiger partial charge is 0.243 e. The van der Waals surface area contributed by atoms with E-state index >= 15 is 0 Å². The number of rotatable bonds is 8. The highest BCUT2D eigenvalue weighted by atomic mass is 32.2. The molecule has 0 bridgehead atoms. The molecular formula is C21H28N2O3S. The van der Waals surface area contributed by atoms with Crippen molar-refractivity contribution in [2.45, 2.75) is 39.7 Å². The maximum absolute atomic E-state index is 12.6. The molecule has 0 aliphatic heterocycles. The van der Waals surface area contributed by atoms with Crippen LogP contribution in [0.5, 0.6) is 0 Å². The summed E-state index contributed by atoms with van der Waals surface area (Å²) in [6.45, 7) is 5.93. The number of hydrogen-bond acceptors (Lipinski definition) is 3. The van der Waals surface area contributed by atoms with E-state index in [9.17, 15) is 13.2 Å². The minimum Gasteiger partial charge on any atom is -0.354 e. The molecule has 1 amide bonds. The summed E-state index contributed by atoms with van der Waals surface area (Å²) in [6.07, 6.45) is 2.79. The van der Waals surface area contributed by atoms with Crippen molar-refractivity contribution in [2.24, 2.45) is 0 Å². The molecular weight excluding hydrogens is 360 g/mol. The van der Waals surface area contributed by atoms with E-state index in [0.717, 1.165) is 30.2 Å². The highest BCUT2D eigenvalue weighted by Crippen LogP contribution is 2.23. The molecule has 0 radical (unpaired) electrons. The Labute approximate surface area is 162 Å². The number of amides is 1. The Balaban J connectivity index is 2.04. The van der Waals surface area contributed by atoms with Crippen molar-refractivity contribution in [1.29, 1.82) is 0 Å². The highest BCUT2D eigenvalue weighted by molar-refractivity contribution is 7.92. The predicted octanol–water partition coefficient (Wildman–Crippen LogP) is 3.21. The standard InChI is InChI=1S/C21H28N2O3S/c1-16-13-17(2)15-20(14-16)23(27(4,25)26)18(3)21(24)22-12-8-11-19-9-6-5-7-10-19/h5-7,9-10,13-15,18H,8,11-12H2,1-4H3,(H,22,24)/t18-/m0/s1. The number of anilines is 1. The first kappa shape index (κ1) is 21.0. The Morgan fingerprint density at radius 3 is 2.22 bits per heavy atom. The zero-order valence-corrected chi connectivity index (χ0v) is 17.2. The first-order valence-corrected chi connectivity index (χ1v) is 10.9. The van der Waals surface area contributed by atoms with E-state index < -0.39 is 16.1 Å². The van der Waals surface area contributed by atoms with Gasteiger partial charge >= 0.3 is 0 Å². The third-order valence-electron chi connectivity index (χ3n) is 4.33. The van der Waals surface area contributed by atoms with Crippen LogP contribution in [0.3, 0.4) is 0 Å². The van der Waals surface area contributed by atoms with Gasteiger partial charge in [0.1, 0.15) is 6.04 Å². The van der Waals surface area contributed by atoms with Gasteiger partial charge in [-0.15, -0.1) is 0 Å². The van der Waals surface area contributed by atoms with E-state index in [0.29, 0.717) is 12.2 Å². The fourth-order valence-electron chi connectivity index (χ4n) is 3.18. The zero-order chi connectivity index (χ0) is 20.0.